The zero-order valence-corrected chi connectivity index (χ0v) is 11.2. The average Bonchev–Trinajstić information content (AvgIpc) is 2.85. The third-order valence-electron chi connectivity index (χ3n) is 3.10. The molecule has 0 atom stereocenters. The van der Waals surface area contributed by atoms with Crippen LogP contribution in [0.4, 0.5) is 4.39 Å². The topological polar surface area (TPSA) is 30.2 Å². The lowest BCUT2D eigenvalue weighted by Crippen LogP contribution is -1.98. The monoisotopic (exact) mass is 288 g/mol. The first kappa shape index (κ1) is 12.9. The van der Waals surface area contributed by atoms with Crippen molar-refractivity contribution in [3.05, 3.63) is 60.1 Å². The summed E-state index contributed by atoms with van der Waals surface area (Å²) in [5.74, 6) is 0.870. The second-order valence-corrected chi connectivity index (χ2v) is 4.89. The van der Waals surface area contributed by atoms with E-state index >= 15 is 0 Å². The Labute approximate surface area is 120 Å². The van der Waals surface area contributed by atoms with Crippen LogP contribution in [-0.2, 0) is 11.2 Å². The first-order chi connectivity index (χ1) is 9.63. The van der Waals surface area contributed by atoms with Crippen LogP contribution < -0.4 is 0 Å². The van der Waals surface area contributed by atoms with Crippen LogP contribution in [0.25, 0.3) is 22.5 Å². The highest BCUT2D eigenvalue weighted by Gasteiger charge is 2.16. The molecule has 0 aromatic heterocycles. The van der Waals surface area contributed by atoms with Crippen molar-refractivity contribution < 1.29 is 13.6 Å². The molecule has 1 heterocycles. The van der Waals surface area contributed by atoms with Crippen molar-refractivity contribution in [2.24, 2.45) is 0 Å². The maximum absolute atomic E-state index is 13.0. The van der Waals surface area contributed by atoms with Crippen molar-refractivity contribution in [2.45, 2.75) is 6.42 Å². The first-order valence-electron chi connectivity index (χ1n) is 6.09. The summed E-state index contributed by atoms with van der Waals surface area (Å²) >= 11 is 5.46. The fourth-order valence-electron chi connectivity index (χ4n) is 2.18. The molecule has 0 saturated heterocycles. The maximum atomic E-state index is 13.0. The molecule has 2 nitrogen and oxygen atoms in total. The van der Waals surface area contributed by atoms with E-state index in [4.69, 9.17) is 16.0 Å². The minimum Gasteiger partial charge on any atom is -0.460 e. The fourth-order valence-corrected chi connectivity index (χ4v) is 2.31. The number of fused-ring (bicyclic) bond motifs is 1. The van der Waals surface area contributed by atoms with Gasteiger partial charge in [0.2, 0.25) is 5.24 Å². The SMILES string of the molecule is O=C(Cl)Cc1oc2cccc-2cc1-c1ccc(F)cc1. The summed E-state index contributed by atoms with van der Waals surface area (Å²) in [6.07, 6.45) is -0.00458. The molecule has 0 fully saturated rings. The van der Waals surface area contributed by atoms with Crippen LogP contribution in [0.5, 0.6) is 0 Å². The Morgan fingerprint density at radius 3 is 2.55 bits per heavy atom. The van der Waals surface area contributed by atoms with Gasteiger partial charge >= 0.3 is 0 Å². The van der Waals surface area contributed by atoms with Crippen molar-refractivity contribution >= 4 is 16.8 Å². The highest BCUT2D eigenvalue weighted by atomic mass is 35.5. The fraction of sp³-hybridized carbons (Fsp3) is 0.0625. The van der Waals surface area contributed by atoms with Gasteiger partial charge in [0.05, 0.1) is 6.42 Å². The molecule has 0 saturated carbocycles. The van der Waals surface area contributed by atoms with Crippen LogP contribution in [0.2, 0.25) is 0 Å². The Hall–Kier alpha value is -2.13. The number of carbonyl (C=O) groups excluding carboxylic acids is 1. The van der Waals surface area contributed by atoms with E-state index in [0.717, 1.165) is 16.7 Å². The molecule has 0 radical (unpaired) electrons. The second kappa shape index (κ2) is 5.10. The molecule has 1 aromatic rings. The number of hydrogen-bond acceptors (Lipinski definition) is 2. The predicted molar refractivity (Wildman–Crippen MR) is 75.3 cm³/mol. The number of rotatable bonds is 3. The van der Waals surface area contributed by atoms with Crippen LogP contribution in [0.15, 0.2) is 52.9 Å². The molecular formula is C16H10ClFO2. The number of benzene rings is 1. The highest BCUT2D eigenvalue weighted by Crippen LogP contribution is 2.33. The van der Waals surface area contributed by atoms with Gasteiger partial charge < -0.3 is 4.42 Å². The molecule has 0 spiro atoms. The smallest absolute Gasteiger partial charge is 0.229 e. The Bertz CT molecular complexity index is 731. The second-order valence-electron chi connectivity index (χ2n) is 4.47. The normalized spacial score (nSPS) is 10.9. The summed E-state index contributed by atoms with van der Waals surface area (Å²) in [7, 11) is 0. The standard InChI is InChI=1S/C16H10ClFO2/c17-16(19)9-15-13(10-4-6-12(18)7-5-10)8-11-2-1-3-14(11)20-15/h1-8H,9H2. The molecule has 0 unspecified atom stereocenters. The van der Waals surface area contributed by atoms with Crippen molar-refractivity contribution in [3.63, 3.8) is 0 Å². The summed E-state index contributed by atoms with van der Waals surface area (Å²) in [6, 6.07) is 13.6. The first-order valence-corrected chi connectivity index (χ1v) is 6.47. The minimum absolute atomic E-state index is 0.00458. The molecule has 1 aromatic carbocycles. The molecule has 0 bridgehead atoms. The zero-order valence-electron chi connectivity index (χ0n) is 10.4. The predicted octanol–water partition coefficient (Wildman–Crippen LogP) is 4.50. The number of carbonyl (C=O) groups is 1. The molecule has 0 N–H and O–H groups in total. The van der Waals surface area contributed by atoms with Gasteiger partial charge in [0, 0.05) is 11.1 Å². The van der Waals surface area contributed by atoms with Crippen molar-refractivity contribution in [1.82, 2.24) is 0 Å². The van der Waals surface area contributed by atoms with Gasteiger partial charge in [-0.3, -0.25) is 4.79 Å². The van der Waals surface area contributed by atoms with Gasteiger partial charge in [0.15, 0.2) is 0 Å². The third-order valence-corrected chi connectivity index (χ3v) is 3.23. The minimum atomic E-state index is -0.497. The summed E-state index contributed by atoms with van der Waals surface area (Å²) in [6.45, 7) is 0. The van der Waals surface area contributed by atoms with Gasteiger partial charge in [-0.25, -0.2) is 4.39 Å². The quantitative estimate of drug-likeness (QED) is 0.664. The molecule has 4 heteroatoms. The van der Waals surface area contributed by atoms with E-state index < -0.39 is 5.24 Å². The zero-order chi connectivity index (χ0) is 14.1. The van der Waals surface area contributed by atoms with Gasteiger partial charge in [0.1, 0.15) is 17.3 Å². The summed E-state index contributed by atoms with van der Waals surface area (Å²) in [5.41, 5.74) is 2.46. The molecule has 20 heavy (non-hydrogen) atoms. The Kier molecular flexibility index (Phi) is 3.28. The van der Waals surface area contributed by atoms with Crippen LogP contribution in [0.1, 0.15) is 5.76 Å². The lowest BCUT2D eigenvalue weighted by Gasteiger charge is -2.11. The van der Waals surface area contributed by atoms with Crippen molar-refractivity contribution in [2.75, 3.05) is 0 Å². The lowest BCUT2D eigenvalue weighted by atomic mass is 10.0. The maximum Gasteiger partial charge on any atom is 0.229 e. The Morgan fingerprint density at radius 1 is 1.10 bits per heavy atom. The van der Waals surface area contributed by atoms with E-state index in [-0.39, 0.29) is 12.2 Å². The van der Waals surface area contributed by atoms with Crippen molar-refractivity contribution in [3.8, 4) is 22.5 Å². The molecular weight excluding hydrogens is 279 g/mol. The molecule has 100 valence electrons. The van der Waals surface area contributed by atoms with Crippen LogP contribution >= 0.6 is 11.6 Å². The van der Waals surface area contributed by atoms with E-state index in [0.29, 0.717) is 11.5 Å². The summed E-state index contributed by atoms with van der Waals surface area (Å²) in [4.78, 5) is 11.2. The van der Waals surface area contributed by atoms with E-state index in [1.165, 1.54) is 12.1 Å². The summed E-state index contributed by atoms with van der Waals surface area (Å²) in [5, 5.41) is -0.497. The third kappa shape index (κ3) is 2.45. The van der Waals surface area contributed by atoms with Crippen LogP contribution in [0.3, 0.4) is 0 Å². The summed E-state index contributed by atoms with van der Waals surface area (Å²) < 4.78 is 18.7. The van der Waals surface area contributed by atoms with E-state index in [2.05, 4.69) is 0 Å². The van der Waals surface area contributed by atoms with Gasteiger partial charge in [-0.2, -0.15) is 0 Å². The van der Waals surface area contributed by atoms with Gasteiger partial charge in [-0.05, 0) is 41.4 Å². The van der Waals surface area contributed by atoms with Gasteiger partial charge in [-0.1, -0.05) is 24.3 Å². The van der Waals surface area contributed by atoms with E-state index in [1.807, 2.05) is 24.3 Å². The highest BCUT2D eigenvalue weighted by molar-refractivity contribution is 6.63. The molecule has 1 aliphatic heterocycles. The Morgan fingerprint density at radius 2 is 1.85 bits per heavy atom. The lowest BCUT2D eigenvalue weighted by molar-refractivity contribution is -0.111. The molecule has 2 aliphatic rings. The van der Waals surface area contributed by atoms with E-state index in [9.17, 15) is 9.18 Å². The van der Waals surface area contributed by atoms with Crippen molar-refractivity contribution in [1.29, 1.82) is 0 Å². The number of hydrogen-bond donors (Lipinski definition) is 0. The number of halogens is 2. The average molecular weight is 289 g/mol. The van der Waals surface area contributed by atoms with Gasteiger partial charge in [0.25, 0.3) is 0 Å². The Balaban J connectivity index is 2.18. The molecule has 0 amide bonds. The van der Waals surface area contributed by atoms with Crippen LogP contribution in [0, 0.1) is 5.82 Å². The van der Waals surface area contributed by atoms with E-state index in [1.54, 1.807) is 12.1 Å². The molecule has 1 aliphatic carbocycles. The van der Waals surface area contributed by atoms with Crippen LogP contribution in [-0.4, -0.2) is 5.24 Å². The van der Waals surface area contributed by atoms with Gasteiger partial charge in [-0.15, -0.1) is 0 Å². The largest absolute Gasteiger partial charge is 0.460 e. The molecule has 3 rings (SSSR count).